The average Bonchev–Trinajstić information content (AvgIpc) is 3.01. The summed E-state index contributed by atoms with van der Waals surface area (Å²) in [6.07, 6.45) is -0.548. The monoisotopic (exact) mass is 555 g/mol. The first-order valence-electron chi connectivity index (χ1n) is 12.9. The number of ether oxygens (including phenoxy) is 2. The fourth-order valence-corrected chi connectivity index (χ4v) is 5.56. The highest BCUT2D eigenvalue weighted by Gasteiger charge is 2.32. The highest BCUT2D eigenvalue weighted by molar-refractivity contribution is 7.99. The normalized spacial score (nSPS) is 18.7. The molecule has 3 unspecified atom stereocenters. The third-order valence-electron chi connectivity index (χ3n) is 6.63. The molecule has 204 valence electrons. The van der Waals surface area contributed by atoms with Crippen molar-refractivity contribution >= 4 is 29.3 Å². The van der Waals surface area contributed by atoms with Crippen LogP contribution in [0.3, 0.4) is 0 Å². The molecule has 5 rings (SSSR count). The van der Waals surface area contributed by atoms with Crippen LogP contribution in [-0.4, -0.2) is 33.9 Å². The Morgan fingerprint density at radius 2 is 1.50 bits per heavy atom. The van der Waals surface area contributed by atoms with Crippen LogP contribution in [0.25, 0.3) is 0 Å². The van der Waals surface area contributed by atoms with Gasteiger partial charge in [-0.1, -0.05) is 66.7 Å². The van der Waals surface area contributed by atoms with Gasteiger partial charge in [-0.2, -0.15) is 0 Å². The number of rotatable bonds is 9. The van der Waals surface area contributed by atoms with E-state index < -0.39 is 12.3 Å². The van der Waals surface area contributed by atoms with Crippen LogP contribution in [0, 0.1) is 0 Å². The van der Waals surface area contributed by atoms with Crippen LogP contribution in [0.1, 0.15) is 56.2 Å². The maximum Gasteiger partial charge on any atom is 0.336 e. The van der Waals surface area contributed by atoms with Gasteiger partial charge in [-0.05, 0) is 47.5 Å². The molecule has 40 heavy (non-hydrogen) atoms. The molecule has 0 aromatic heterocycles. The smallest absolute Gasteiger partial charge is 0.336 e. The van der Waals surface area contributed by atoms with Crippen molar-refractivity contribution in [2.24, 2.45) is 0 Å². The highest BCUT2D eigenvalue weighted by atomic mass is 32.2. The van der Waals surface area contributed by atoms with Crippen molar-refractivity contribution in [3.8, 4) is 0 Å². The minimum absolute atomic E-state index is 0.0348. The number of benzene rings is 4. The molecule has 0 aliphatic carbocycles. The summed E-state index contributed by atoms with van der Waals surface area (Å²) in [5, 5.41) is 21.9. The van der Waals surface area contributed by atoms with Crippen molar-refractivity contribution in [3.05, 3.63) is 131 Å². The van der Waals surface area contributed by atoms with E-state index in [4.69, 9.17) is 9.47 Å². The summed E-state index contributed by atoms with van der Waals surface area (Å²) in [7, 11) is 0. The zero-order valence-corrected chi connectivity index (χ0v) is 22.4. The Balaban J connectivity index is 1.33. The number of aliphatic hydroxyl groups is 1. The SMILES string of the molecule is O=C(Nc1ccc(C2OC(CSc3ccccc3C(=O)O)CC(c3ccc(CO)cc3)O2)cc1)c1ccccc1. The molecule has 1 aliphatic rings. The minimum Gasteiger partial charge on any atom is -0.478 e. The van der Waals surface area contributed by atoms with Crippen molar-refractivity contribution in [2.75, 3.05) is 11.1 Å². The Kier molecular flexibility index (Phi) is 8.93. The van der Waals surface area contributed by atoms with Gasteiger partial charge >= 0.3 is 5.97 Å². The fraction of sp³-hybridized carbons (Fsp3) is 0.188. The second-order valence-electron chi connectivity index (χ2n) is 9.40. The van der Waals surface area contributed by atoms with Gasteiger partial charge in [0.2, 0.25) is 0 Å². The van der Waals surface area contributed by atoms with Gasteiger partial charge in [-0.25, -0.2) is 4.79 Å². The fourth-order valence-electron chi connectivity index (χ4n) is 4.49. The number of amides is 1. The Labute approximate surface area is 236 Å². The topological polar surface area (TPSA) is 105 Å². The number of aromatic carboxylic acids is 1. The largest absolute Gasteiger partial charge is 0.478 e. The zero-order chi connectivity index (χ0) is 27.9. The number of carbonyl (C=O) groups is 2. The first kappa shape index (κ1) is 27.6. The van der Waals surface area contributed by atoms with Crippen molar-refractivity contribution in [2.45, 2.75) is 36.4 Å². The van der Waals surface area contributed by atoms with Crippen LogP contribution in [0.4, 0.5) is 5.69 Å². The van der Waals surface area contributed by atoms with E-state index in [9.17, 15) is 19.8 Å². The third-order valence-corrected chi connectivity index (χ3v) is 7.84. The molecule has 7 nitrogen and oxygen atoms in total. The van der Waals surface area contributed by atoms with Crippen LogP contribution in [0.5, 0.6) is 0 Å². The summed E-state index contributed by atoms with van der Waals surface area (Å²) < 4.78 is 12.8. The maximum atomic E-state index is 12.5. The van der Waals surface area contributed by atoms with E-state index in [1.165, 1.54) is 11.8 Å². The van der Waals surface area contributed by atoms with Gasteiger partial charge in [0.25, 0.3) is 5.91 Å². The summed E-state index contributed by atoms with van der Waals surface area (Å²) in [4.78, 5) is 24.9. The molecule has 0 bridgehead atoms. The molecule has 0 radical (unpaired) electrons. The lowest BCUT2D eigenvalue weighted by molar-refractivity contribution is -0.245. The molecular weight excluding hydrogens is 526 g/mol. The standard InChI is InChI=1S/C32H29NO6S/c34-19-21-10-12-22(13-11-21)28-18-26(20-40-29-9-5-4-8-27(29)31(36)37)38-32(39-28)24-14-16-25(17-15-24)33-30(35)23-6-2-1-3-7-23/h1-17,26,28,32,34H,18-20H2,(H,33,35)(H,36,37). The predicted octanol–water partition coefficient (Wildman–Crippen LogP) is 6.47. The molecule has 3 atom stereocenters. The quantitative estimate of drug-likeness (QED) is 0.203. The highest BCUT2D eigenvalue weighted by Crippen LogP contribution is 2.40. The van der Waals surface area contributed by atoms with Crippen LogP contribution in [-0.2, 0) is 16.1 Å². The Morgan fingerprint density at radius 3 is 2.20 bits per heavy atom. The average molecular weight is 556 g/mol. The zero-order valence-electron chi connectivity index (χ0n) is 21.6. The number of carboxylic acid groups (broad SMARTS) is 1. The number of thioether (sulfide) groups is 1. The second kappa shape index (κ2) is 12.9. The Bertz CT molecular complexity index is 1440. The van der Waals surface area contributed by atoms with Crippen LogP contribution >= 0.6 is 11.8 Å². The van der Waals surface area contributed by atoms with Gasteiger partial charge in [0.05, 0.1) is 24.4 Å². The van der Waals surface area contributed by atoms with Gasteiger partial charge in [-0.3, -0.25) is 4.79 Å². The molecule has 1 heterocycles. The molecule has 1 fully saturated rings. The van der Waals surface area contributed by atoms with Crippen molar-refractivity contribution < 1.29 is 29.3 Å². The van der Waals surface area contributed by atoms with Gasteiger partial charge in [-0.15, -0.1) is 11.8 Å². The molecule has 4 aromatic carbocycles. The van der Waals surface area contributed by atoms with Crippen molar-refractivity contribution in [1.82, 2.24) is 0 Å². The summed E-state index contributed by atoms with van der Waals surface area (Å²) in [5.74, 6) is -0.612. The van der Waals surface area contributed by atoms with E-state index in [0.29, 0.717) is 28.3 Å². The van der Waals surface area contributed by atoms with Crippen molar-refractivity contribution in [3.63, 3.8) is 0 Å². The summed E-state index contributed by atoms with van der Waals surface area (Å²) >= 11 is 1.45. The third kappa shape index (κ3) is 6.78. The minimum atomic E-state index is -0.963. The van der Waals surface area contributed by atoms with E-state index in [1.807, 2.05) is 72.8 Å². The Morgan fingerprint density at radius 1 is 0.825 bits per heavy atom. The first-order chi connectivity index (χ1) is 19.5. The number of aliphatic hydroxyl groups excluding tert-OH is 1. The van der Waals surface area contributed by atoms with Crippen LogP contribution in [0.15, 0.2) is 108 Å². The number of nitrogens with one attached hydrogen (secondary N) is 1. The summed E-state index contributed by atoms with van der Waals surface area (Å²) in [6, 6.07) is 31.0. The predicted molar refractivity (Wildman–Crippen MR) is 153 cm³/mol. The number of carbonyl (C=O) groups excluding carboxylic acids is 1. The van der Waals surface area contributed by atoms with E-state index in [2.05, 4.69) is 5.32 Å². The van der Waals surface area contributed by atoms with E-state index >= 15 is 0 Å². The number of anilines is 1. The van der Waals surface area contributed by atoms with Gasteiger partial charge in [0.15, 0.2) is 6.29 Å². The first-order valence-corrected chi connectivity index (χ1v) is 13.9. The Hall–Kier alpha value is -3.95. The molecule has 0 spiro atoms. The lowest BCUT2D eigenvalue weighted by Crippen LogP contribution is -2.31. The molecule has 1 amide bonds. The van der Waals surface area contributed by atoms with E-state index in [0.717, 1.165) is 16.7 Å². The molecule has 1 aliphatic heterocycles. The van der Waals surface area contributed by atoms with E-state index in [-0.39, 0.29) is 30.3 Å². The summed E-state index contributed by atoms with van der Waals surface area (Å²) in [6.45, 7) is -0.0348. The van der Waals surface area contributed by atoms with E-state index in [1.54, 1.807) is 30.3 Å². The summed E-state index contributed by atoms with van der Waals surface area (Å²) in [5.41, 5.74) is 4.08. The number of hydrogen-bond donors (Lipinski definition) is 3. The van der Waals surface area contributed by atoms with Gasteiger partial charge in [0, 0.05) is 33.9 Å². The maximum absolute atomic E-state index is 12.5. The second-order valence-corrected chi connectivity index (χ2v) is 10.5. The van der Waals surface area contributed by atoms with Crippen LogP contribution in [0.2, 0.25) is 0 Å². The van der Waals surface area contributed by atoms with Gasteiger partial charge < -0.3 is 25.0 Å². The molecule has 4 aromatic rings. The van der Waals surface area contributed by atoms with Gasteiger partial charge in [0.1, 0.15) is 0 Å². The number of hydrogen-bond acceptors (Lipinski definition) is 6. The molecule has 0 saturated carbocycles. The molecule has 3 N–H and O–H groups in total. The number of carboxylic acids is 1. The lowest BCUT2D eigenvalue weighted by atomic mass is 10.0. The van der Waals surface area contributed by atoms with Crippen LogP contribution < -0.4 is 5.32 Å². The molecule has 1 saturated heterocycles. The van der Waals surface area contributed by atoms with Crippen molar-refractivity contribution in [1.29, 1.82) is 0 Å². The molecule has 8 heteroatoms. The lowest BCUT2D eigenvalue weighted by Gasteiger charge is -2.36. The molecular formula is C32H29NO6S.